The third-order valence-electron chi connectivity index (χ3n) is 5.29. The predicted molar refractivity (Wildman–Crippen MR) is 118 cm³/mol. The summed E-state index contributed by atoms with van der Waals surface area (Å²) in [4.78, 5) is 42.4. The Labute approximate surface area is 185 Å². The summed E-state index contributed by atoms with van der Waals surface area (Å²) in [5.74, 6) is -1.06. The molecule has 3 aromatic rings. The van der Waals surface area contributed by atoms with E-state index in [4.69, 9.17) is 4.42 Å². The van der Waals surface area contributed by atoms with Gasteiger partial charge >= 0.3 is 5.97 Å². The molecule has 2 amide bonds. The molecule has 1 aliphatic rings. The third kappa shape index (κ3) is 4.55. The minimum atomic E-state index is -1.10. The molecule has 1 aromatic heterocycles. The first-order valence-corrected chi connectivity index (χ1v) is 10.2. The number of nitrogens with zero attached hydrogens (tertiary/aromatic N) is 3. The summed E-state index contributed by atoms with van der Waals surface area (Å²) >= 11 is 0. The topological polar surface area (TPSA) is 94.3 Å². The number of likely N-dealkylation sites (N-methyl/N-ethyl adjacent to an activating group) is 1. The summed E-state index contributed by atoms with van der Waals surface area (Å²) in [6.45, 7) is 0.675. The van der Waals surface area contributed by atoms with Crippen molar-refractivity contribution in [2.75, 3.05) is 29.9 Å². The number of carboxylic acids is 1. The summed E-state index contributed by atoms with van der Waals surface area (Å²) in [5.41, 5.74) is 1.98. The molecule has 0 bridgehead atoms. The van der Waals surface area contributed by atoms with Crippen LogP contribution in [0.1, 0.15) is 21.7 Å². The zero-order valence-corrected chi connectivity index (χ0v) is 17.6. The van der Waals surface area contributed by atoms with E-state index in [1.54, 1.807) is 18.2 Å². The fraction of sp³-hybridized carbons (Fsp3) is 0.208. The Morgan fingerprint density at radius 2 is 1.84 bits per heavy atom. The van der Waals surface area contributed by atoms with Gasteiger partial charge in [0.1, 0.15) is 12.3 Å². The van der Waals surface area contributed by atoms with Gasteiger partial charge in [-0.3, -0.25) is 19.4 Å². The largest absolute Gasteiger partial charge is 0.478 e. The number of hydrogen-bond acceptors (Lipinski definition) is 5. The Morgan fingerprint density at radius 3 is 2.53 bits per heavy atom. The standard InChI is InChI=1S/C24H23N3O5/c1-25(13-17-6-3-2-4-7-17)15-22(28)27-16-23(29)26(14-19-8-5-11-32-19)20-10-9-18(24(30)31)12-21(20)27/h2-12H,13-16H2,1H3,(H,30,31). The first kappa shape index (κ1) is 21.3. The molecule has 32 heavy (non-hydrogen) atoms. The summed E-state index contributed by atoms with van der Waals surface area (Å²) < 4.78 is 5.37. The van der Waals surface area contributed by atoms with E-state index >= 15 is 0 Å². The molecule has 8 heteroatoms. The second-order valence-corrected chi connectivity index (χ2v) is 7.71. The van der Waals surface area contributed by atoms with Gasteiger partial charge in [-0.1, -0.05) is 30.3 Å². The quantitative estimate of drug-likeness (QED) is 0.616. The molecule has 8 nitrogen and oxygen atoms in total. The van der Waals surface area contributed by atoms with Gasteiger partial charge in [0.25, 0.3) is 0 Å². The summed E-state index contributed by atoms with van der Waals surface area (Å²) in [6.07, 6.45) is 1.52. The highest BCUT2D eigenvalue weighted by atomic mass is 16.4. The van der Waals surface area contributed by atoms with Crippen molar-refractivity contribution in [2.24, 2.45) is 0 Å². The van der Waals surface area contributed by atoms with Crippen molar-refractivity contribution in [3.05, 3.63) is 83.8 Å². The number of amides is 2. The number of rotatable bonds is 7. The van der Waals surface area contributed by atoms with Crippen LogP contribution < -0.4 is 9.80 Å². The van der Waals surface area contributed by atoms with E-state index in [0.29, 0.717) is 23.7 Å². The number of carbonyl (C=O) groups excluding carboxylic acids is 2. The molecule has 1 aliphatic heterocycles. The number of carboxylic acid groups (broad SMARTS) is 1. The minimum Gasteiger partial charge on any atom is -0.478 e. The van der Waals surface area contributed by atoms with Gasteiger partial charge in [0.05, 0.1) is 36.3 Å². The maximum Gasteiger partial charge on any atom is 0.335 e. The molecule has 2 heterocycles. The van der Waals surface area contributed by atoms with Crippen molar-refractivity contribution in [3.63, 3.8) is 0 Å². The van der Waals surface area contributed by atoms with E-state index in [-0.39, 0.29) is 37.0 Å². The summed E-state index contributed by atoms with van der Waals surface area (Å²) in [7, 11) is 1.83. The molecule has 2 aromatic carbocycles. The second-order valence-electron chi connectivity index (χ2n) is 7.71. The average Bonchev–Trinajstić information content (AvgIpc) is 3.29. The van der Waals surface area contributed by atoms with Crippen LogP contribution in [0.3, 0.4) is 0 Å². The molecule has 4 rings (SSSR count). The summed E-state index contributed by atoms with van der Waals surface area (Å²) in [6, 6.07) is 17.7. The Balaban J connectivity index is 1.60. The van der Waals surface area contributed by atoms with Crippen LogP contribution in [0.4, 0.5) is 11.4 Å². The number of benzene rings is 2. The molecule has 0 unspecified atom stereocenters. The van der Waals surface area contributed by atoms with Gasteiger partial charge in [0.2, 0.25) is 11.8 Å². The average molecular weight is 433 g/mol. The number of fused-ring (bicyclic) bond motifs is 1. The fourth-order valence-electron chi connectivity index (χ4n) is 3.76. The maximum atomic E-state index is 13.2. The SMILES string of the molecule is CN(CC(=O)N1CC(=O)N(Cc2ccco2)c2ccc(C(=O)O)cc21)Cc1ccccc1. The lowest BCUT2D eigenvalue weighted by Gasteiger charge is -2.36. The minimum absolute atomic E-state index is 0.0477. The third-order valence-corrected chi connectivity index (χ3v) is 5.29. The predicted octanol–water partition coefficient (Wildman–Crippen LogP) is 2.99. The molecule has 0 saturated heterocycles. The van der Waals surface area contributed by atoms with Crippen LogP contribution in [0.25, 0.3) is 0 Å². The number of aromatic carboxylic acids is 1. The van der Waals surface area contributed by atoms with Crippen LogP contribution in [-0.2, 0) is 22.7 Å². The smallest absolute Gasteiger partial charge is 0.335 e. The Bertz CT molecular complexity index is 1130. The molecule has 0 spiro atoms. The van der Waals surface area contributed by atoms with Gasteiger partial charge in [-0.25, -0.2) is 4.79 Å². The van der Waals surface area contributed by atoms with E-state index in [1.165, 1.54) is 28.2 Å². The van der Waals surface area contributed by atoms with Crippen LogP contribution in [0.2, 0.25) is 0 Å². The highest BCUT2D eigenvalue weighted by molar-refractivity contribution is 6.12. The van der Waals surface area contributed by atoms with Crippen molar-refractivity contribution >= 4 is 29.2 Å². The molecule has 0 saturated carbocycles. The molecule has 0 fully saturated rings. The maximum absolute atomic E-state index is 13.2. The first-order chi connectivity index (χ1) is 15.4. The lowest BCUT2D eigenvalue weighted by molar-refractivity contribution is -0.123. The van der Waals surface area contributed by atoms with Crippen molar-refractivity contribution in [3.8, 4) is 0 Å². The van der Waals surface area contributed by atoms with E-state index in [1.807, 2.05) is 42.3 Å². The van der Waals surface area contributed by atoms with E-state index < -0.39 is 5.97 Å². The number of furan rings is 1. The summed E-state index contributed by atoms with van der Waals surface area (Å²) in [5, 5.41) is 9.44. The number of anilines is 2. The van der Waals surface area contributed by atoms with Gasteiger partial charge in [0, 0.05) is 6.54 Å². The fourth-order valence-corrected chi connectivity index (χ4v) is 3.76. The zero-order chi connectivity index (χ0) is 22.7. The molecule has 164 valence electrons. The van der Waals surface area contributed by atoms with Gasteiger partial charge in [-0.2, -0.15) is 0 Å². The van der Waals surface area contributed by atoms with Crippen molar-refractivity contribution in [2.45, 2.75) is 13.1 Å². The van der Waals surface area contributed by atoms with Crippen LogP contribution in [0, 0.1) is 0 Å². The van der Waals surface area contributed by atoms with Crippen LogP contribution >= 0.6 is 0 Å². The zero-order valence-electron chi connectivity index (χ0n) is 17.6. The van der Waals surface area contributed by atoms with Gasteiger partial charge in [-0.05, 0) is 42.9 Å². The van der Waals surface area contributed by atoms with Gasteiger partial charge in [-0.15, -0.1) is 0 Å². The van der Waals surface area contributed by atoms with E-state index in [0.717, 1.165) is 5.56 Å². The van der Waals surface area contributed by atoms with Crippen LogP contribution in [0.5, 0.6) is 0 Å². The normalized spacial score (nSPS) is 13.4. The first-order valence-electron chi connectivity index (χ1n) is 10.2. The second kappa shape index (κ2) is 9.07. The monoisotopic (exact) mass is 433 g/mol. The molecule has 1 N–H and O–H groups in total. The molecular formula is C24H23N3O5. The molecule has 0 atom stereocenters. The van der Waals surface area contributed by atoms with Crippen LogP contribution in [-0.4, -0.2) is 47.9 Å². The number of hydrogen-bond donors (Lipinski definition) is 1. The highest BCUT2D eigenvalue weighted by Gasteiger charge is 2.34. The van der Waals surface area contributed by atoms with Gasteiger partial charge < -0.3 is 14.4 Å². The lowest BCUT2D eigenvalue weighted by Crippen LogP contribution is -2.50. The number of carbonyl (C=O) groups is 3. The molecule has 0 radical (unpaired) electrons. The Kier molecular flexibility index (Phi) is 6.04. The van der Waals surface area contributed by atoms with Crippen molar-refractivity contribution in [1.82, 2.24) is 4.90 Å². The van der Waals surface area contributed by atoms with Crippen LogP contribution in [0.15, 0.2) is 71.3 Å². The van der Waals surface area contributed by atoms with Crippen molar-refractivity contribution < 1.29 is 23.9 Å². The van der Waals surface area contributed by atoms with Gasteiger partial charge in [0.15, 0.2) is 0 Å². The van der Waals surface area contributed by atoms with Crippen molar-refractivity contribution in [1.29, 1.82) is 0 Å². The Morgan fingerprint density at radius 1 is 1.06 bits per heavy atom. The Hall–Kier alpha value is -3.91. The lowest BCUT2D eigenvalue weighted by atomic mass is 10.1. The molecular weight excluding hydrogens is 410 g/mol. The van der Waals surface area contributed by atoms with E-state index in [2.05, 4.69) is 0 Å². The highest BCUT2D eigenvalue weighted by Crippen LogP contribution is 2.36. The molecule has 0 aliphatic carbocycles. The van der Waals surface area contributed by atoms with E-state index in [9.17, 15) is 19.5 Å².